The normalized spacial score (nSPS) is 11.1. The molecule has 0 spiro atoms. The molecule has 1 heterocycles. The van der Waals surface area contributed by atoms with Gasteiger partial charge in [0.1, 0.15) is 5.75 Å². The Kier molecular flexibility index (Phi) is 6.65. The van der Waals surface area contributed by atoms with E-state index in [4.69, 9.17) is 4.74 Å². The Hall–Kier alpha value is -4.11. The van der Waals surface area contributed by atoms with Crippen molar-refractivity contribution in [2.75, 3.05) is 11.8 Å². The van der Waals surface area contributed by atoms with Gasteiger partial charge in [-0.25, -0.2) is 13.1 Å². The van der Waals surface area contributed by atoms with E-state index in [1.165, 1.54) is 18.2 Å². The highest BCUT2D eigenvalue weighted by molar-refractivity contribution is 7.92. The van der Waals surface area contributed by atoms with Gasteiger partial charge in [0.25, 0.3) is 15.9 Å². The van der Waals surface area contributed by atoms with Crippen molar-refractivity contribution in [2.45, 2.75) is 18.4 Å². The zero-order valence-corrected chi connectivity index (χ0v) is 19.5. The van der Waals surface area contributed by atoms with Crippen LogP contribution in [0, 0.1) is 6.92 Å². The van der Waals surface area contributed by atoms with Gasteiger partial charge < -0.3 is 10.1 Å². The number of aryl methyl sites for hydroxylation is 1. The number of hydrogen-bond acceptors (Lipinski definition) is 5. The van der Waals surface area contributed by atoms with Crippen LogP contribution in [0.2, 0.25) is 0 Å². The summed E-state index contributed by atoms with van der Waals surface area (Å²) in [5.41, 5.74) is 3.23. The largest absolute Gasteiger partial charge is 0.497 e. The van der Waals surface area contributed by atoms with Crippen LogP contribution in [0.5, 0.6) is 5.75 Å². The molecule has 174 valence electrons. The number of hydrogen-bond donors (Lipinski definition) is 2. The Morgan fingerprint density at radius 3 is 2.44 bits per heavy atom. The molecule has 2 N–H and O–H groups in total. The first kappa shape index (κ1) is 23.1. The quantitative estimate of drug-likeness (QED) is 0.401. The first-order valence-electron chi connectivity index (χ1n) is 10.5. The van der Waals surface area contributed by atoms with Gasteiger partial charge in [0.15, 0.2) is 0 Å². The molecule has 0 saturated heterocycles. The highest BCUT2D eigenvalue weighted by Crippen LogP contribution is 2.18. The summed E-state index contributed by atoms with van der Waals surface area (Å²) in [7, 11) is -2.23. The van der Waals surface area contributed by atoms with Crippen LogP contribution in [-0.2, 0) is 16.6 Å². The number of aromatic nitrogens is 2. The summed E-state index contributed by atoms with van der Waals surface area (Å²) < 4.78 is 34.9. The van der Waals surface area contributed by atoms with E-state index < -0.39 is 15.9 Å². The third-order valence-electron chi connectivity index (χ3n) is 5.12. The van der Waals surface area contributed by atoms with Gasteiger partial charge in [0.2, 0.25) is 0 Å². The van der Waals surface area contributed by atoms with E-state index in [1.54, 1.807) is 42.3 Å². The topological polar surface area (TPSA) is 102 Å². The molecule has 0 unspecified atom stereocenters. The molecule has 1 amide bonds. The second-order valence-corrected chi connectivity index (χ2v) is 9.31. The molecule has 0 radical (unpaired) electrons. The average molecular weight is 477 g/mol. The Bertz CT molecular complexity index is 1400. The Morgan fingerprint density at radius 1 is 1.00 bits per heavy atom. The first-order valence-corrected chi connectivity index (χ1v) is 12.0. The summed E-state index contributed by atoms with van der Waals surface area (Å²) >= 11 is 0. The third-order valence-corrected chi connectivity index (χ3v) is 6.50. The summed E-state index contributed by atoms with van der Waals surface area (Å²) in [6.07, 6.45) is 1.80. The SMILES string of the molecule is COc1ccc(-n2ccc(CNC(=O)c3cccc(S(=O)(=O)Nc4ccc(C)cc4)c3)n2)cc1. The smallest absolute Gasteiger partial charge is 0.261 e. The summed E-state index contributed by atoms with van der Waals surface area (Å²) in [5, 5.41) is 7.25. The lowest BCUT2D eigenvalue weighted by Crippen LogP contribution is -2.23. The minimum absolute atomic E-state index is 0.00417. The van der Waals surface area contributed by atoms with E-state index in [1.807, 2.05) is 43.3 Å². The lowest BCUT2D eigenvalue weighted by molar-refractivity contribution is 0.0950. The molecule has 0 aliphatic rings. The van der Waals surface area contributed by atoms with Gasteiger partial charge in [0.05, 0.1) is 29.9 Å². The predicted molar refractivity (Wildman–Crippen MR) is 130 cm³/mol. The first-order chi connectivity index (χ1) is 16.3. The molecular formula is C25H24N4O4S. The monoisotopic (exact) mass is 476 g/mol. The fourth-order valence-electron chi connectivity index (χ4n) is 3.25. The molecule has 4 aromatic rings. The summed E-state index contributed by atoms with van der Waals surface area (Å²) in [6, 6.07) is 22.2. The number of nitrogens with zero attached hydrogens (tertiary/aromatic N) is 2. The van der Waals surface area contributed by atoms with Crippen LogP contribution in [0.4, 0.5) is 5.69 Å². The second kappa shape index (κ2) is 9.80. The van der Waals surface area contributed by atoms with Crippen molar-refractivity contribution >= 4 is 21.6 Å². The highest BCUT2D eigenvalue weighted by atomic mass is 32.2. The van der Waals surface area contributed by atoms with Crippen molar-refractivity contribution in [3.63, 3.8) is 0 Å². The Labute approximate surface area is 198 Å². The number of sulfonamides is 1. The fourth-order valence-corrected chi connectivity index (χ4v) is 4.35. The maximum absolute atomic E-state index is 12.8. The van der Waals surface area contributed by atoms with Gasteiger partial charge in [0, 0.05) is 17.4 Å². The van der Waals surface area contributed by atoms with Crippen molar-refractivity contribution in [1.82, 2.24) is 15.1 Å². The van der Waals surface area contributed by atoms with Crippen molar-refractivity contribution in [1.29, 1.82) is 0 Å². The molecule has 1 aromatic heterocycles. The average Bonchev–Trinajstić information content (AvgIpc) is 3.33. The molecule has 34 heavy (non-hydrogen) atoms. The lowest BCUT2D eigenvalue weighted by Gasteiger charge is -2.10. The minimum atomic E-state index is -3.84. The number of methoxy groups -OCH3 is 1. The number of amides is 1. The predicted octanol–water partition coefficient (Wildman–Crippen LogP) is 3.92. The van der Waals surface area contributed by atoms with Crippen LogP contribution in [0.1, 0.15) is 21.6 Å². The van der Waals surface area contributed by atoms with Crippen molar-refractivity contribution in [3.05, 3.63) is 102 Å². The number of ether oxygens (including phenoxy) is 1. The van der Waals surface area contributed by atoms with Crippen LogP contribution in [-0.4, -0.2) is 31.2 Å². The van der Waals surface area contributed by atoms with Gasteiger partial charge in [-0.15, -0.1) is 0 Å². The molecule has 0 aliphatic heterocycles. The van der Waals surface area contributed by atoms with Crippen molar-refractivity contribution in [2.24, 2.45) is 0 Å². The van der Waals surface area contributed by atoms with E-state index in [0.29, 0.717) is 11.4 Å². The van der Waals surface area contributed by atoms with E-state index in [0.717, 1.165) is 17.0 Å². The van der Waals surface area contributed by atoms with Gasteiger partial charge >= 0.3 is 0 Å². The third kappa shape index (κ3) is 5.44. The van der Waals surface area contributed by atoms with Gasteiger partial charge in [-0.2, -0.15) is 5.10 Å². The highest BCUT2D eigenvalue weighted by Gasteiger charge is 2.17. The molecule has 9 heteroatoms. The number of carbonyl (C=O) groups is 1. The molecular weight excluding hydrogens is 452 g/mol. The van der Waals surface area contributed by atoms with Crippen LogP contribution in [0.3, 0.4) is 0 Å². The van der Waals surface area contributed by atoms with E-state index in [-0.39, 0.29) is 17.0 Å². The summed E-state index contributed by atoms with van der Waals surface area (Å²) in [5.74, 6) is 0.355. The van der Waals surface area contributed by atoms with E-state index in [9.17, 15) is 13.2 Å². The molecule has 0 saturated carbocycles. The van der Waals surface area contributed by atoms with Crippen molar-refractivity contribution in [3.8, 4) is 11.4 Å². The Morgan fingerprint density at radius 2 is 1.74 bits per heavy atom. The molecule has 8 nitrogen and oxygen atoms in total. The van der Waals surface area contributed by atoms with Gasteiger partial charge in [-0.1, -0.05) is 23.8 Å². The van der Waals surface area contributed by atoms with Crippen LogP contribution >= 0.6 is 0 Å². The van der Waals surface area contributed by atoms with Gasteiger partial charge in [-0.05, 0) is 67.6 Å². The number of rotatable bonds is 8. The summed E-state index contributed by atoms with van der Waals surface area (Å²) in [6.45, 7) is 2.12. The van der Waals surface area contributed by atoms with Crippen molar-refractivity contribution < 1.29 is 17.9 Å². The zero-order chi connectivity index (χ0) is 24.1. The Balaban J connectivity index is 1.41. The standard InChI is InChI=1S/C25H24N4O4S/c1-18-6-8-20(9-7-18)28-34(31,32)24-5-3-4-19(16-24)25(30)26-17-21-14-15-29(27-21)22-10-12-23(33-2)13-11-22/h3-16,28H,17H2,1-2H3,(H,26,30). The lowest BCUT2D eigenvalue weighted by atomic mass is 10.2. The van der Waals surface area contributed by atoms with Crippen LogP contribution in [0.25, 0.3) is 5.69 Å². The molecule has 0 fully saturated rings. The molecule has 0 atom stereocenters. The molecule has 4 rings (SSSR count). The number of nitrogens with one attached hydrogen (secondary N) is 2. The molecule has 0 bridgehead atoms. The maximum atomic E-state index is 12.8. The van der Waals surface area contributed by atoms with Crippen LogP contribution < -0.4 is 14.8 Å². The fraction of sp³-hybridized carbons (Fsp3) is 0.120. The zero-order valence-electron chi connectivity index (χ0n) is 18.7. The number of carbonyl (C=O) groups excluding carboxylic acids is 1. The number of anilines is 1. The van der Waals surface area contributed by atoms with E-state index >= 15 is 0 Å². The van der Waals surface area contributed by atoms with Gasteiger partial charge in [-0.3, -0.25) is 9.52 Å². The summed E-state index contributed by atoms with van der Waals surface area (Å²) in [4.78, 5) is 12.7. The van der Waals surface area contributed by atoms with Crippen LogP contribution in [0.15, 0.2) is 90.0 Å². The second-order valence-electron chi connectivity index (χ2n) is 7.63. The maximum Gasteiger partial charge on any atom is 0.261 e. The molecule has 0 aliphatic carbocycles. The number of benzene rings is 3. The molecule has 3 aromatic carbocycles. The minimum Gasteiger partial charge on any atom is -0.497 e. The van der Waals surface area contributed by atoms with E-state index in [2.05, 4.69) is 15.1 Å².